The Morgan fingerprint density at radius 1 is 1.33 bits per heavy atom. The summed E-state index contributed by atoms with van der Waals surface area (Å²) in [4.78, 5) is 20.8. The number of fused-ring (bicyclic) bond motifs is 1. The molecule has 21 heavy (non-hydrogen) atoms. The van der Waals surface area contributed by atoms with E-state index in [-0.39, 0.29) is 0 Å². The lowest BCUT2D eigenvalue weighted by Gasteiger charge is -2.27. The first kappa shape index (κ1) is 14.3. The summed E-state index contributed by atoms with van der Waals surface area (Å²) in [7, 11) is 0. The molecule has 2 saturated heterocycles. The molecule has 0 radical (unpaired) electrons. The van der Waals surface area contributed by atoms with E-state index >= 15 is 0 Å². The lowest BCUT2D eigenvalue weighted by Crippen LogP contribution is -2.37. The monoisotopic (exact) mass is 289 g/mol. The van der Waals surface area contributed by atoms with Gasteiger partial charge < -0.3 is 10.0 Å². The highest BCUT2D eigenvalue weighted by Gasteiger charge is 2.29. The number of aromatic nitrogens is 1. The first-order valence-corrected chi connectivity index (χ1v) is 7.90. The predicted octanol–water partition coefficient (Wildman–Crippen LogP) is 2.02. The molecule has 1 aromatic rings. The zero-order valence-corrected chi connectivity index (χ0v) is 12.6. The minimum absolute atomic E-state index is 0.351. The number of carbonyl (C=O) groups is 1. The molecule has 0 amide bonds. The molecule has 3 rings (SSSR count). The number of nitrogens with zero attached hydrogens (tertiary/aromatic N) is 3. The molecule has 0 aliphatic carbocycles. The summed E-state index contributed by atoms with van der Waals surface area (Å²) in [5.41, 5.74) is 1.21. The Bertz CT molecular complexity index is 532. The third-order valence-electron chi connectivity index (χ3n) is 4.60. The van der Waals surface area contributed by atoms with Crippen LogP contribution in [0.4, 0.5) is 5.82 Å². The van der Waals surface area contributed by atoms with Crippen LogP contribution in [0.5, 0.6) is 0 Å². The van der Waals surface area contributed by atoms with Gasteiger partial charge in [-0.15, -0.1) is 0 Å². The summed E-state index contributed by atoms with van der Waals surface area (Å²) in [6.07, 6.45) is 4.41. The van der Waals surface area contributed by atoms with Crippen LogP contribution in [0.15, 0.2) is 12.1 Å². The normalized spacial score (nSPS) is 22.9. The fourth-order valence-electron chi connectivity index (χ4n) is 3.45. The van der Waals surface area contributed by atoms with Crippen LogP contribution in [-0.2, 0) is 6.42 Å². The van der Waals surface area contributed by atoms with E-state index in [1.807, 2.05) is 6.92 Å². The van der Waals surface area contributed by atoms with Gasteiger partial charge in [0.2, 0.25) is 0 Å². The SMILES string of the molecule is CCc1cc(C(=O)O)cc(N2CCCN3CCCC3C2)n1. The third kappa shape index (κ3) is 3.02. The number of anilines is 1. The topological polar surface area (TPSA) is 56.7 Å². The van der Waals surface area contributed by atoms with Crippen LogP contribution < -0.4 is 4.90 Å². The van der Waals surface area contributed by atoms with Crippen molar-refractivity contribution in [2.75, 3.05) is 31.1 Å². The number of hydrogen-bond acceptors (Lipinski definition) is 4. The number of aryl methyl sites for hydroxylation is 1. The van der Waals surface area contributed by atoms with E-state index in [4.69, 9.17) is 0 Å². The standard InChI is InChI=1S/C16H23N3O2/c1-2-13-9-12(16(20)21)10-15(17-13)19-8-4-7-18-6-3-5-14(18)11-19/h9-10,14H,2-8,11H2,1H3,(H,20,21). The van der Waals surface area contributed by atoms with Crippen LogP contribution in [0.25, 0.3) is 0 Å². The number of aromatic carboxylic acids is 1. The van der Waals surface area contributed by atoms with E-state index in [0.717, 1.165) is 44.0 Å². The maximum atomic E-state index is 11.3. The molecule has 0 spiro atoms. The van der Waals surface area contributed by atoms with Gasteiger partial charge in [-0.05, 0) is 44.4 Å². The first-order valence-electron chi connectivity index (χ1n) is 7.90. The Balaban J connectivity index is 1.87. The highest BCUT2D eigenvalue weighted by molar-refractivity contribution is 5.88. The summed E-state index contributed by atoms with van der Waals surface area (Å²) in [6.45, 7) is 6.31. The van der Waals surface area contributed by atoms with E-state index in [1.54, 1.807) is 12.1 Å². The fourth-order valence-corrected chi connectivity index (χ4v) is 3.45. The molecule has 2 aliphatic rings. The van der Waals surface area contributed by atoms with E-state index in [1.165, 1.54) is 19.4 Å². The van der Waals surface area contributed by atoms with Crippen molar-refractivity contribution in [3.05, 3.63) is 23.4 Å². The lowest BCUT2D eigenvalue weighted by atomic mass is 10.1. The largest absolute Gasteiger partial charge is 0.478 e. The Labute approximate surface area is 125 Å². The van der Waals surface area contributed by atoms with Crippen LogP contribution >= 0.6 is 0 Å². The van der Waals surface area contributed by atoms with E-state index in [2.05, 4.69) is 14.8 Å². The van der Waals surface area contributed by atoms with Crippen molar-refractivity contribution in [3.63, 3.8) is 0 Å². The molecule has 114 valence electrons. The Morgan fingerprint density at radius 3 is 2.90 bits per heavy atom. The second-order valence-electron chi connectivity index (χ2n) is 6.00. The Kier molecular flexibility index (Phi) is 4.10. The lowest BCUT2D eigenvalue weighted by molar-refractivity contribution is 0.0696. The van der Waals surface area contributed by atoms with E-state index in [9.17, 15) is 9.90 Å². The van der Waals surface area contributed by atoms with Crippen LogP contribution in [-0.4, -0.2) is 53.2 Å². The molecule has 1 atom stereocenters. The van der Waals surface area contributed by atoms with Gasteiger partial charge in [-0.1, -0.05) is 6.92 Å². The van der Waals surface area contributed by atoms with Crippen molar-refractivity contribution in [2.24, 2.45) is 0 Å². The van der Waals surface area contributed by atoms with Gasteiger partial charge in [0, 0.05) is 31.4 Å². The fraction of sp³-hybridized carbons (Fsp3) is 0.625. The van der Waals surface area contributed by atoms with E-state index < -0.39 is 5.97 Å². The molecule has 0 aromatic carbocycles. The van der Waals surface area contributed by atoms with Gasteiger partial charge in [0.25, 0.3) is 0 Å². The van der Waals surface area contributed by atoms with Crippen molar-refractivity contribution in [1.29, 1.82) is 0 Å². The van der Waals surface area contributed by atoms with Gasteiger partial charge in [0.05, 0.1) is 5.56 Å². The van der Waals surface area contributed by atoms with Gasteiger partial charge in [0.1, 0.15) is 5.82 Å². The Morgan fingerprint density at radius 2 is 2.14 bits per heavy atom. The molecule has 5 heteroatoms. The smallest absolute Gasteiger partial charge is 0.335 e. The van der Waals surface area contributed by atoms with Gasteiger partial charge in [-0.2, -0.15) is 0 Å². The molecule has 1 N–H and O–H groups in total. The van der Waals surface area contributed by atoms with Gasteiger partial charge in [0.15, 0.2) is 0 Å². The molecule has 0 bridgehead atoms. The molecule has 5 nitrogen and oxygen atoms in total. The average molecular weight is 289 g/mol. The maximum Gasteiger partial charge on any atom is 0.335 e. The highest BCUT2D eigenvalue weighted by atomic mass is 16.4. The number of rotatable bonds is 3. The molecule has 2 aliphatic heterocycles. The van der Waals surface area contributed by atoms with E-state index in [0.29, 0.717) is 11.6 Å². The zero-order valence-electron chi connectivity index (χ0n) is 12.6. The molecule has 2 fully saturated rings. The number of pyridine rings is 1. The van der Waals surface area contributed by atoms with Gasteiger partial charge >= 0.3 is 5.97 Å². The van der Waals surface area contributed by atoms with Gasteiger partial charge in [-0.3, -0.25) is 4.90 Å². The van der Waals surface area contributed by atoms with Crippen LogP contribution in [0.3, 0.4) is 0 Å². The minimum Gasteiger partial charge on any atom is -0.478 e. The summed E-state index contributed by atoms with van der Waals surface area (Å²) >= 11 is 0. The highest BCUT2D eigenvalue weighted by Crippen LogP contribution is 2.25. The second kappa shape index (κ2) is 6.02. The summed E-state index contributed by atoms with van der Waals surface area (Å²) < 4.78 is 0. The zero-order chi connectivity index (χ0) is 14.8. The molecule has 1 aromatic heterocycles. The third-order valence-corrected chi connectivity index (χ3v) is 4.60. The van der Waals surface area contributed by atoms with Crippen molar-refractivity contribution in [1.82, 2.24) is 9.88 Å². The van der Waals surface area contributed by atoms with Gasteiger partial charge in [-0.25, -0.2) is 9.78 Å². The molecule has 3 heterocycles. The molecule has 1 unspecified atom stereocenters. The summed E-state index contributed by atoms with van der Waals surface area (Å²) in [6, 6.07) is 4.02. The Hall–Kier alpha value is -1.62. The number of hydrogen-bond donors (Lipinski definition) is 1. The first-order chi connectivity index (χ1) is 10.2. The van der Waals surface area contributed by atoms with Crippen LogP contribution in [0.2, 0.25) is 0 Å². The number of carboxylic acid groups (broad SMARTS) is 1. The molecule has 0 saturated carbocycles. The second-order valence-corrected chi connectivity index (χ2v) is 6.00. The predicted molar refractivity (Wildman–Crippen MR) is 82.0 cm³/mol. The number of carboxylic acids is 1. The maximum absolute atomic E-state index is 11.3. The minimum atomic E-state index is -0.870. The molecular formula is C16H23N3O2. The van der Waals surface area contributed by atoms with Crippen molar-refractivity contribution in [2.45, 2.75) is 38.6 Å². The summed E-state index contributed by atoms with van der Waals surface area (Å²) in [5.74, 6) is -0.0360. The average Bonchev–Trinajstić information content (AvgIpc) is 2.83. The molecular weight excluding hydrogens is 266 g/mol. The van der Waals surface area contributed by atoms with Crippen molar-refractivity contribution in [3.8, 4) is 0 Å². The van der Waals surface area contributed by atoms with Crippen molar-refractivity contribution >= 4 is 11.8 Å². The van der Waals surface area contributed by atoms with Crippen LogP contribution in [0, 0.1) is 0 Å². The quantitative estimate of drug-likeness (QED) is 0.922. The summed E-state index contributed by atoms with van der Waals surface area (Å²) in [5, 5.41) is 9.28. The van der Waals surface area contributed by atoms with Crippen LogP contribution in [0.1, 0.15) is 42.2 Å². The van der Waals surface area contributed by atoms with Crippen molar-refractivity contribution < 1.29 is 9.90 Å².